The summed E-state index contributed by atoms with van der Waals surface area (Å²) in [5.74, 6) is -0.0108. The normalized spacial score (nSPS) is 12.9. The highest BCUT2D eigenvalue weighted by Crippen LogP contribution is 2.22. The summed E-state index contributed by atoms with van der Waals surface area (Å²) >= 11 is 3.42. The minimum absolute atomic E-state index is 0.0274. The Morgan fingerprint density at radius 1 is 1.25 bits per heavy atom. The van der Waals surface area contributed by atoms with Gasteiger partial charge in [0.15, 0.2) is 0 Å². The first kappa shape index (κ1) is 19.1. The van der Waals surface area contributed by atoms with Gasteiger partial charge in [-0.2, -0.15) is 0 Å². The lowest BCUT2D eigenvalue weighted by Gasteiger charge is -2.18. The van der Waals surface area contributed by atoms with Crippen molar-refractivity contribution < 1.29 is 13.2 Å². The first-order valence-electron chi connectivity index (χ1n) is 7.61. The van der Waals surface area contributed by atoms with Gasteiger partial charge in [-0.3, -0.25) is 4.98 Å². The summed E-state index contributed by atoms with van der Waals surface area (Å²) in [6.07, 6.45) is 4.23. The van der Waals surface area contributed by atoms with Crippen molar-refractivity contribution in [2.45, 2.75) is 12.3 Å². The van der Waals surface area contributed by atoms with Crippen LogP contribution in [0.25, 0.3) is 0 Å². The SMILES string of the molecule is COCCS(=O)(=O)NC[C@H](Cc1cncc(Br)c1)c1ccccc1. The van der Waals surface area contributed by atoms with Crippen LogP contribution in [0.2, 0.25) is 0 Å². The van der Waals surface area contributed by atoms with Crippen molar-refractivity contribution in [3.8, 4) is 0 Å². The Labute approximate surface area is 151 Å². The van der Waals surface area contributed by atoms with Crippen molar-refractivity contribution in [2.24, 2.45) is 0 Å². The number of pyridine rings is 1. The zero-order valence-corrected chi connectivity index (χ0v) is 15.9. The maximum Gasteiger partial charge on any atom is 0.213 e. The molecule has 1 aromatic carbocycles. The van der Waals surface area contributed by atoms with Gasteiger partial charge in [0.05, 0.1) is 12.4 Å². The summed E-state index contributed by atoms with van der Waals surface area (Å²) in [5, 5.41) is 0. The molecule has 1 atom stereocenters. The summed E-state index contributed by atoms with van der Waals surface area (Å²) in [5.41, 5.74) is 2.14. The molecule has 2 aromatic rings. The summed E-state index contributed by atoms with van der Waals surface area (Å²) in [7, 11) is -1.86. The molecule has 2 rings (SSSR count). The molecule has 1 aromatic heterocycles. The highest BCUT2D eigenvalue weighted by Gasteiger charge is 2.17. The van der Waals surface area contributed by atoms with Crippen molar-refractivity contribution in [1.82, 2.24) is 9.71 Å². The molecule has 0 spiro atoms. The van der Waals surface area contributed by atoms with Crippen molar-refractivity contribution in [1.29, 1.82) is 0 Å². The van der Waals surface area contributed by atoms with E-state index in [0.717, 1.165) is 15.6 Å². The van der Waals surface area contributed by atoms with Gasteiger partial charge >= 0.3 is 0 Å². The zero-order valence-electron chi connectivity index (χ0n) is 13.5. The number of hydrogen-bond acceptors (Lipinski definition) is 4. The van der Waals surface area contributed by atoms with E-state index >= 15 is 0 Å². The number of methoxy groups -OCH3 is 1. The maximum atomic E-state index is 12.0. The third-order valence-electron chi connectivity index (χ3n) is 3.62. The molecule has 0 unspecified atom stereocenters. The third kappa shape index (κ3) is 6.32. The van der Waals surface area contributed by atoms with Crippen molar-refractivity contribution in [3.05, 3.63) is 64.4 Å². The van der Waals surface area contributed by atoms with E-state index in [2.05, 4.69) is 25.6 Å². The van der Waals surface area contributed by atoms with Crippen LogP contribution in [0.3, 0.4) is 0 Å². The van der Waals surface area contributed by atoms with Crippen molar-refractivity contribution >= 4 is 26.0 Å². The van der Waals surface area contributed by atoms with Crippen LogP contribution in [0, 0.1) is 0 Å². The van der Waals surface area contributed by atoms with Gasteiger partial charge in [0.2, 0.25) is 10.0 Å². The quantitative estimate of drug-likeness (QED) is 0.687. The summed E-state index contributed by atoms with van der Waals surface area (Å²) in [4.78, 5) is 4.18. The number of nitrogens with one attached hydrogen (secondary N) is 1. The van der Waals surface area contributed by atoms with Gasteiger partial charge in [-0.1, -0.05) is 30.3 Å². The van der Waals surface area contributed by atoms with Gasteiger partial charge in [0.25, 0.3) is 0 Å². The second-order valence-corrected chi connectivity index (χ2v) is 8.33. The number of nitrogens with zero attached hydrogens (tertiary/aromatic N) is 1. The molecule has 24 heavy (non-hydrogen) atoms. The number of sulfonamides is 1. The summed E-state index contributed by atoms with van der Waals surface area (Å²) in [6, 6.07) is 11.9. The fraction of sp³-hybridized carbons (Fsp3) is 0.353. The van der Waals surface area contributed by atoms with Crippen LogP contribution in [-0.2, 0) is 21.2 Å². The van der Waals surface area contributed by atoms with Crippen LogP contribution in [-0.4, -0.2) is 39.4 Å². The molecule has 0 saturated carbocycles. The fourth-order valence-corrected chi connectivity index (χ4v) is 3.78. The van der Waals surface area contributed by atoms with Crippen molar-refractivity contribution in [3.63, 3.8) is 0 Å². The molecule has 0 saturated heterocycles. The third-order valence-corrected chi connectivity index (χ3v) is 5.36. The zero-order chi connectivity index (χ0) is 17.4. The van der Waals surface area contributed by atoms with E-state index in [0.29, 0.717) is 13.0 Å². The first-order valence-corrected chi connectivity index (χ1v) is 10.1. The Morgan fingerprint density at radius 3 is 2.67 bits per heavy atom. The maximum absolute atomic E-state index is 12.0. The van der Waals surface area contributed by atoms with E-state index in [1.54, 1.807) is 12.4 Å². The van der Waals surface area contributed by atoms with Gasteiger partial charge in [-0.15, -0.1) is 0 Å². The number of aromatic nitrogens is 1. The lowest BCUT2D eigenvalue weighted by Crippen LogP contribution is -2.32. The summed E-state index contributed by atoms with van der Waals surface area (Å²) in [6.45, 7) is 0.517. The van der Waals surface area contributed by atoms with Crippen LogP contribution in [0.4, 0.5) is 0 Å². The highest BCUT2D eigenvalue weighted by molar-refractivity contribution is 9.10. The molecule has 5 nitrogen and oxygen atoms in total. The molecule has 0 bridgehead atoms. The predicted octanol–water partition coefficient (Wildman–Crippen LogP) is 2.74. The highest BCUT2D eigenvalue weighted by atomic mass is 79.9. The molecular formula is C17H21BrN2O3S. The summed E-state index contributed by atoms with van der Waals surface area (Å²) < 4.78 is 32.5. The molecule has 7 heteroatoms. The molecular weight excluding hydrogens is 392 g/mol. The Morgan fingerprint density at radius 2 is 2.00 bits per heavy atom. The molecule has 0 aliphatic rings. The smallest absolute Gasteiger partial charge is 0.213 e. The van der Waals surface area contributed by atoms with E-state index in [9.17, 15) is 8.42 Å². The lowest BCUT2D eigenvalue weighted by molar-refractivity contribution is 0.217. The Balaban J connectivity index is 2.12. The van der Waals surface area contributed by atoms with E-state index in [-0.39, 0.29) is 18.3 Å². The molecule has 0 aliphatic heterocycles. The topological polar surface area (TPSA) is 68.3 Å². The number of ether oxygens (including phenoxy) is 1. The number of hydrogen-bond donors (Lipinski definition) is 1. The van der Waals surface area contributed by atoms with Crippen LogP contribution in [0.15, 0.2) is 53.3 Å². The number of rotatable bonds is 9. The van der Waals surface area contributed by atoms with E-state index in [1.165, 1.54) is 7.11 Å². The van der Waals surface area contributed by atoms with Crippen LogP contribution in [0.5, 0.6) is 0 Å². The molecule has 0 amide bonds. The standard InChI is InChI=1S/C17H21BrN2O3S/c1-23-7-8-24(21,22)20-12-16(15-5-3-2-4-6-15)9-14-10-17(18)13-19-11-14/h2-6,10-11,13,16,20H,7-9,12H2,1H3/t16-/m0/s1. The minimum atomic E-state index is -3.35. The van der Waals surface area contributed by atoms with Gasteiger partial charge in [-0.05, 0) is 39.5 Å². The molecule has 1 N–H and O–H groups in total. The van der Waals surface area contributed by atoms with Crippen molar-refractivity contribution in [2.75, 3.05) is 26.0 Å². The van der Waals surface area contributed by atoms with E-state index in [1.807, 2.05) is 36.4 Å². The van der Waals surface area contributed by atoms with Crippen LogP contribution >= 0.6 is 15.9 Å². The monoisotopic (exact) mass is 412 g/mol. The first-order chi connectivity index (χ1) is 11.5. The van der Waals surface area contributed by atoms with Gasteiger partial charge in [-0.25, -0.2) is 13.1 Å². The van der Waals surface area contributed by atoms with Gasteiger partial charge in [0, 0.05) is 36.4 Å². The second-order valence-electron chi connectivity index (χ2n) is 5.48. The molecule has 0 radical (unpaired) electrons. The molecule has 130 valence electrons. The van der Waals surface area contributed by atoms with E-state index in [4.69, 9.17) is 4.74 Å². The Hall–Kier alpha value is -1.28. The van der Waals surface area contributed by atoms with Crippen LogP contribution in [0.1, 0.15) is 17.0 Å². The fourth-order valence-electron chi connectivity index (χ4n) is 2.38. The molecule has 0 aliphatic carbocycles. The van der Waals surface area contributed by atoms with Gasteiger partial charge in [0.1, 0.15) is 0 Å². The Bertz CT molecular complexity index is 739. The average Bonchev–Trinajstić information content (AvgIpc) is 2.58. The average molecular weight is 413 g/mol. The Kier molecular flexibility index (Phi) is 7.36. The van der Waals surface area contributed by atoms with Crippen LogP contribution < -0.4 is 4.72 Å². The molecule has 1 heterocycles. The number of benzene rings is 1. The molecule has 0 fully saturated rings. The predicted molar refractivity (Wildman–Crippen MR) is 98.5 cm³/mol. The van der Waals surface area contributed by atoms with E-state index < -0.39 is 10.0 Å². The number of halogens is 1. The van der Waals surface area contributed by atoms with Gasteiger partial charge < -0.3 is 4.74 Å². The second kappa shape index (κ2) is 9.27. The minimum Gasteiger partial charge on any atom is -0.384 e. The lowest BCUT2D eigenvalue weighted by atomic mass is 9.93. The largest absolute Gasteiger partial charge is 0.384 e.